The van der Waals surface area contributed by atoms with E-state index in [4.69, 9.17) is 9.15 Å². The van der Waals surface area contributed by atoms with E-state index in [9.17, 15) is 9.18 Å². The summed E-state index contributed by atoms with van der Waals surface area (Å²) in [4.78, 5) is 12.4. The van der Waals surface area contributed by atoms with Crippen molar-refractivity contribution < 1.29 is 18.3 Å². The number of benzene rings is 2. The lowest BCUT2D eigenvalue weighted by Crippen LogP contribution is -2.10. The molecule has 152 valence electrons. The highest BCUT2D eigenvalue weighted by molar-refractivity contribution is 14.1. The van der Waals surface area contributed by atoms with E-state index in [1.54, 1.807) is 29.1 Å². The zero-order chi connectivity index (χ0) is 20.9. The first kappa shape index (κ1) is 20.1. The van der Waals surface area contributed by atoms with Crippen LogP contribution >= 0.6 is 22.6 Å². The molecule has 2 aromatic carbocycles. The Balaban J connectivity index is 1.33. The van der Waals surface area contributed by atoms with Gasteiger partial charge in [0.05, 0.1) is 18.4 Å². The molecule has 30 heavy (non-hydrogen) atoms. The number of ether oxygens (including phenoxy) is 1. The zero-order valence-electron chi connectivity index (χ0n) is 15.7. The molecule has 0 aliphatic rings. The monoisotopic (exact) mass is 517 g/mol. The van der Waals surface area contributed by atoms with Gasteiger partial charge in [-0.15, -0.1) is 0 Å². The molecule has 0 bridgehead atoms. The highest BCUT2D eigenvalue weighted by Crippen LogP contribution is 2.17. The molecule has 4 rings (SSSR count). The maximum atomic E-state index is 13.3. The van der Waals surface area contributed by atoms with Crippen LogP contribution in [0.15, 0.2) is 77.5 Å². The van der Waals surface area contributed by atoms with Gasteiger partial charge in [-0.1, -0.05) is 12.1 Å². The Bertz CT molecular complexity index is 1150. The molecule has 0 fully saturated rings. The molecule has 6 nitrogen and oxygen atoms in total. The average Bonchev–Trinajstić information content (AvgIpc) is 3.37. The van der Waals surface area contributed by atoms with Gasteiger partial charge in [-0.05, 0) is 76.7 Å². The van der Waals surface area contributed by atoms with Crippen LogP contribution in [0.5, 0.6) is 5.75 Å². The minimum absolute atomic E-state index is 0.175. The van der Waals surface area contributed by atoms with Crippen LogP contribution in [0.25, 0.3) is 0 Å². The van der Waals surface area contributed by atoms with Crippen molar-refractivity contribution in [3.8, 4) is 5.75 Å². The maximum Gasteiger partial charge on any atom is 0.291 e. The van der Waals surface area contributed by atoms with Gasteiger partial charge in [-0.25, -0.2) is 4.39 Å². The molecule has 0 spiro atoms. The lowest BCUT2D eigenvalue weighted by molar-refractivity contribution is 0.0992. The van der Waals surface area contributed by atoms with Gasteiger partial charge in [0.2, 0.25) is 0 Å². The highest BCUT2D eigenvalue weighted by atomic mass is 127. The average molecular weight is 517 g/mol. The second kappa shape index (κ2) is 9.12. The fourth-order valence-electron chi connectivity index (χ4n) is 2.79. The van der Waals surface area contributed by atoms with Crippen LogP contribution in [0.3, 0.4) is 0 Å². The Morgan fingerprint density at radius 3 is 2.80 bits per heavy atom. The van der Waals surface area contributed by atoms with E-state index in [2.05, 4.69) is 33.0 Å². The summed E-state index contributed by atoms with van der Waals surface area (Å²) in [6, 6.07) is 17.2. The summed E-state index contributed by atoms with van der Waals surface area (Å²) in [5.74, 6) is 0.756. The number of anilines is 1. The Morgan fingerprint density at radius 1 is 1.17 bits per heavy atom. The standard InChI is InChI=1S/C22H17FIN3O3/c23-16-3-1-2-15(10-16)12-27-13-18(11-25-27)26-22(28)21-9-8-20(30-21)14-29-19-6-4-17(24)5-7-19/h1-11,13H,12,14H2,(H,26,28). The number of carbonyl (C=O) groups is 1. The molecule has 2 heterocycles. The van der Waals surface area contributed by atoms with E-state index in [1.807, 2.05) is 30.3 Å². The third-order valence-corrected chi connectivity index (χ3v) is 4.92. The summed E-state index contributed by atoms with van der Waals surface area (Å²) in [6.07, 6.45) is 3.20. The third kappa shape index (κ3) is 5.26. The number of nitrogens with zero attached hydrogens (tertiary/aromatic N) is 2. The lowest BCUT2D eigenvalue weighted by Gasteiger charge is -2.04. The van der Waals surface area contributed by atoms with E-state index in [-0.39, 0.29) is 24.1 Å². The molecule has 1 N–H and O–H groups in total. The number of furan rings is 1. The molecule has 0 unspecified atom stereocenters. The summed E-state index contributed by atoms with van der Waals surface area (Å²) < 4.78 is 27.3. The number of hydrogen-bond acceptors (Lipinski definition) is 4. The summed E-state index contributed by atoms with van der Waals surface area (Å²) in [6.45, 7) is 0.619. The van der Waals surface area contributed by atoms with Crippen molar-refractivity contribution >= 4 is 34.2 Å². The Labute approximate surface area is 185 Å². The number of carbonyl (C=O) groups excluding carboxylic acids is 1. The Morgan fingerprint density at radius 2 is 2.00 bits per heavy atom. The molecular formula is C22H17FIN3O3. The minimum atomic E-state index is -0.388. The molecule has 1 amide bonds. The van der Waals surface area contributed by atoms with Crippen LogP contribution in [-0.4, -0.2) is 15.7 Å². The maximum absolute atomic E-state index is 13.3. The number of halogens is 2. The topological polar surface area (TPSA) is 69.3 Å². The van der Waals surface area contributed by atoms with Crippen LogP contribution in [0.2, 0.25) is 0 Å². The van der Waals surface area contributed by atoms with E-state index in [1.165, 1.54) is 18.3 Å². The van der Waals surface area contributed by atoms with Crippen LogP contribution in [0, 0.1) is 9.39 Å². The van der Waals surface area contributed by atoms with E-state index < -0.39 is 0 Å². The second-order valence-electron chi connectivity index (χ2n) is 6.52. The van der Waals surface area contributed by atoms with Gasteiger partial charge in [-0.2, -0.15) is 5.10 Å². The van der Waals surface area contributed by atoms with Crippen molar-refractivity contribution in [1.29, 1.82) is 0 Å². The van der Waals surface area contributed by atoms with Crippen molar-refractivity contribution in [2.45, 2.75) is 13.2 Å². The SMILES string of the molecule is O=C(Nc1cnn(Cc2cccc(F)c2)c1)c1ccc(COc2ccc(I)cc2)o1. The normalized spacial score (nSPS) is 10.7. The molecule has 2 aromatic heterocycles. The number of hydrogen-bond donors (Lipinski definition) is 1. The fraction of sp³-hybridized carbons (Fsp3) is 0.0909. The van der Waals surface area contributed by atoms with Crippen LogP contribution in [-0.2, 0) is 13.2 Å². The predicted octanol–water partition coefficient (Wildman–Crippen LogP) is 5.10. The Kier molecular flexibility index (Phi) is 6.12. The predicted molar refractivity (Wildman–Crippen MR) is 118 cm³/mol. The van der Waals surface area contributed by atoms with E-state index >= 15 is 0 Å². The second-order valence-corrected chi connectivity index (χ2v) is 7.76. The third-order valence-electron chi connectivity index (χ3n) is 4.20. The van der Waals surface area contributed by atoms with Crippen molar-refractivity contribution in [2.24, 2.45) is 0 Å². The molecule has 0 saturated carbocycles. The van der Waals surface area contributed by atoms with Crippen LogP contribution in [0.1, 0.15) is 21.9 Å². The first-order chi connectivity index (χ1) is 14.5. The van der Waals surface area contributed by atoms with Gasteiger partial charge in [-0.3, -0.25) is 9.48 Å². The van der Waals surface area contributed by atoms with Gasteiger partial charge < -0.3 is 14.5 Å². The number of amides is 1. The number of rotatable bonds is 7. The van der Waals surface area contributed by atoms with E-state index in [0.717, 1.165) is 14.9 Å². The summed E-state index contributed by atoms with van der Waals surface area (Å²) in [5.41, 5.74) is 1.30. The van der Waals surface area contributed by atoms with Gasteiger partial charge in [0, 0.05) is 9.77 Å². The lowest BCUT2D eigenvalue weighted by atomic mass is 10.2. The molecular weight excluding hydrogens is 500 g/mol. The highest BCUT2D eigenvalue weighted by Gasteiger charge is 2.13. The largest absolute Gasteiger partial charge is 0.486 e. The van der Waals surface area contributed by atoms with Gasteiger partial charge in [0.1, 0.15) is 23.9 Å². The van der Waals surface area contributed by atoms with Crippen molar-refractivity contribution in [3.05, 3.63) is 99.5 Å². The van der Waals surface area contributed by atoms with Gasteiger partial charge in [0.15, 0.2) is 5.76 Å². The van der Waals surface area contributed by atoms with Crippen molar-refractivity contribution in [2.75, 3.05) is 5.32 Å². The smallest absolute Gasteiger partial charge is 0.291 e. The quantitative estimate of drug-likeness (QED) is 0.347. The van der Waals surface area contributed by atoms with Crippen LogP contribution in [0.4, 0.5) is 10.1 Å². The first-order valence-electron chi connectivity index (χ1n) is 9.10. The summed E-state index contributed by atoms with van der Waals surface area (Å²) >= 11 is 2.22. The molecule has 0 radical (unpaired) electrons. The zero-order valence-corrected chi connectivity index (χ0v) is 17.9. The minimum Gasteiger partial charge on any atom is -0.486 e. The summed E-state index contributed by atoms with van der Waals surface area (Å²) in [5, 5.41) is 6.93. The Hall–Kier alpha value is -3.14. The van der Waals surface area contributed by atoms with Gasteiger partial charge in [0.25, 0.3) is 5.91 Å². The van der Waals surface area contributed by atoms with Gasteiger partial charge >= 0.3 is 0 Å². The fourth-order valence-corrected chi connectivity index (χ4v) is 3.15. The number of nitrogens with one attached hydrogen (secondary N) is 1. The van der Waals surface area contributed by atoms with Crippen molar-refractivity contribution in [1.82, 2.24) is 9.78 Å². The molecule has 0 aliphatic heterocycles. The van der Waals surface area contributed by atoms with Crippen molar-refractivity contribution in [3.63, 3.8) is 0 Å². The van der Waals surface area contributed by atoms with E-state index in [0.29, 0.717) is 18.0 Å². The molecule has 8 heteroatoms. The first-order valence-corrected chi connectivity index (χ1v) is 10.2. The van der Waals surface area contributed by atoms with Crippen LogP contribution < -0.4 is 10.1 Å². The molecule has 0 saturated heterocycles. The number of aromatic nitrogens is 2. The molecule has 0 aliphatic carbocycles. The summed E-state index contributed by atoms with van der Waals surface area (Å²) in [7, 11) is 0. The molecule has 0 atom stereocenters. The molecule has 4 aromatic rings.